The highest BCUT2D eigenvalue weighted by atomic mass is 16.6. The van der Waals surface area contributed by atoms with Crippen molar-refractivity contribution in [2.24, 2.45) is 13.0 Å². The third kappa shape index (κ3) is 4.55. The molecule has 0 radical (unpaired) electrons. The van der Waals surface area contributed by atoms with Gasteiger partial charge in [0.25, 0.3) is 0 Å². The van der Waals surface area contributed by atoms with Crippen LogP contribution in [0.3, 0.4) is 0 Å². The maximum atomic E-state index is 12.1. The van der Waals surface area contributed by atoms with Gasteiger partial charge in [-0.3, -0.25) is 14.6 Å². The molecular formula is C18H25N5O2. The molecule has 7 heteroatoms. The minimum absolute atomic E-state index is 0.229. The standard InChI is InChI=1S/C18H25N5O2/c1-18(2,3)25-17(24)23-6-5-13(11-23)7-15-9-20-16(10-19-15)14-8-21-22(4)12-14/h8-10,12-13H,5-7,11H2,1-4H3. The zero-order chi connectivity index (χ0) is 18.0. The van der Waals surface area contributed by atoms with Crippen LogP contribution < -0.4 is 0 Å². The van der Waals surface area contributed by atoms with Crippen molar-refractivity contribution in [3.05, 3.63) is 30.5 Å². The van der Waals surface area contributed by atoms with E-state index in [0.29, 0.717) is 12.5 Å². The van der Waals surface area contributed by atoms with Gasteiger partial charge in [0, 0.05) is 38.1 Å². The summed E-state index contributed by atoms with van der Waals surface area (Å²) in [5.41, 5.74) is 2.27. The summed E-state index contributed by atoms with van der Waals surface area (Å²) in [6.45, 7) is 7.11. The summed E-state index contributed by atoms with van der Waals surface area (Å²) in [5, 5.41) is 4.15. The second-order valence-electron chi connectivity index (χ2n) is 7.58. The highest BCUT2D eigenvalue weighted by Gasteiger charge is 2.30. The summed E-state index contributed by atoms with van der Waals surface area (Å²) in [5.74, 6) is 0.395. The summed E-state index contributed by atoms with van der Waals surface area (Å²) in [6.07, 6.45) is 8.85. The van der Waals surface area contributed by atoms with Gasteiger partial charge in [-0.25, -0.2) is 4.79 Å². The minimum Gasteiger partial charge on any atom is -0.444 e. The lowest BCUT2D eigenvalue weighted by molar-refractivity contribution is 0.0288. The van der Waals surface area contributed by atoms with E-state index in [1.54, 1.807) is 22.0 Å². The van der Waals surface area contributed by atoms with Crippen LogP contribution in [0.4, 0.5) is 4.79 Å². The number of carbonyl (C=O) groups excluding carboxylic acids is 1. The second kappa shape index (κ2) is 6.82. The van der Waals surface area contributed by atoms with Gasteiger partial charge in [0.1, 0.15) is 5.60 Å². The number of carbonyl (C=O) groups is 1. The number of rotatable bonds is 3. The van der Waals surface area contributed by atoms with Crippen molar-refractivity contribution in [1.29, 1.82) is 0 Å². The topological polar surface area (TPSA) is 73.1 Å². The number of amides is 1. The molecule has 1 unspecified atom stereocenters. The Kier molecular flexibility index (Phi) is 4.74. The molecule has 1 aliphatic rings. The van der Waals surface area contributed by atoms with E-state index >= 15 is 0 Å². The van der Waals surface area contributed by atoms with E-state index in [1.807, 2.05) is 40.2 Å². The molecule has 134 valence electrons. The van der Waals surface area contributed by atoms with Crippen LogP contribution >= 0.6 is 0 Å². The van der Waals surface area contributed by atoms with Crippen LogP contribution in [0.15, 0.2) is 24.8 Å². The van der Waals surface area contributed by atoms with Crippen molar-refractivity contribution in [3.63, 3.8) is 0 Å². The number of likely N-dealkylation sites (tertiary alicyclic amines) is 1. The van der Waals surface area contributed by atoms with Crippen molar-refractivity contribution >= 4 is 6.09 Å². The first-order valence-electron chi connectivity index (χ1n) is 8.58. The summed E-state index contributed by atoms with van der Waals surface area (Å²) in [6, 6.07) is 0. The Balaban J connectivity index is 1.56. The predicted octanol–water partition coefficient (Wildman–Crippen LogP) is 2.68. The van der Waals surface area contributed by atoms with Crippen molar-refractivity contribution in [2.75, 3.05) is 13.1 Å². The fourth-order valence-corrected chi connectivity index (χ4v) is 2.95. The monoisotopic (exact) mass is 343 g/mol. The van der Waals surface area contributed by atoms with Gasteiger partial charge in [-0.05, 0) is 39.5 Å². The van der Waals surface area contributed by atoms with Crippen molar-refractivity contribution in [2.45, 2.75) is 39.2 Å². The first kappa shape index (κ1) is 17.4. The Labute approximate surface area is 148 Å². The highest BCUT2D eigenvalue weighted by molar-refractivity contribution is 5.68. The third-order valence-corrected chi connectivity index (χ3v) is 4.14. The Morgan fingerprint density at radius 3 is 2.68 bits per heavy atom. The normalized spacial score (nSPS) is 17.8. The minimum atomic E-state index is -0.456. The number of ether oxygens (including phenoxy) is 1. The maximum absolute atomic E-state index is 12.1. The van der Waals surface area contributed by atoms with Crippen LogP contribution in [-0.2, 0) is 18.2 Å². The van der Waals surface area contributed by atoms with Gasteiger partial charge in [-0.15, -0.1) is 0 Å². The zero-order valence-electron chi connectivity index (χ0n) is 15.3. The van der Waals surface area contributed by atoms with Crippen molar-refractivity contribution in [3.8, 4) is 11.3 Å². The average Bonchev–Trinajstić information content (AvgIpc) is 3.16. The van der Waals surface area contributed by atoms with E-state index in [4.69, 9.17) is 4.74 Å². The molecule has 1 saturated heterocycles. The number of aromatic nitrogens is 4. The van der Waals surface area contributed by atoms with E-state index in [2.05, 4.69) is 15.1 Å². The number of hydrogen-bond donors (Lipinski definition) is 0. The molecule has 1 aliphatic heterocycles. The van der Waals surface area contributed by atoms with E-state index in [-0.39, 0.29) is 6.09 Å². The fraction of sp³-hybridized carbons (Fsp3) is 0.556. The molecule has 2 aromatic rings. The van der Waals surface area contributed by atoms with Crippen LogP contribution in [0.2, 0.25) is 0 Å². The summed E-state index contributed by atoms with van der Waals surface area (Å²) in [4.78, 5) is 22.9. The summed E-state index contributed by atoms with van der Waals surface area (Å²) < 4.78 is 7.18. The molecular weight excluding hydrogens is 318 g/mol. The van der Waals surface area contributed by atoms with Crippen LogP contribution in [0.5, 0.6) is 0 Å². The Bertz CT molecular complexity index is 733. The summed E-state index contributed by atoms with van der Waals surface area (Å²) >= 11 is 0. The average molecular weight is 343 g/mol. The lowest BCUT2D eigenvalue weighted by atomic mass is 10.0. The molecule has 0 saturated carbocycles. The van der Waals surface area contributed by atoms with Gasteiger partial charge in [0.2, 0.25) is 0 Å². The van der Waals surface area contributed by atoms with E-state index < -0.39 is 5.60 Å². The summed E-state index contributed by atoms with van der Waals surface area (Å²) in [7, 11) is 1.88. The number of hydrogen-bond acceptors (Lipinski definition) is 5. The zero-order valence-corrected chi connectivity index (χ0v) is 15.3. The lowest BCUT2D eigenvalue weighted by Crippen LogP contribution is -2.35. The van der Waals surface area contributed by atoms with Crippen molar-refractivity contribution in [1.82, 2.24) is 24.6 Å². The molecule has 1 atom stereocenters. The van der Waals surface area contributed by atoms with Gasteiger partial charge in [0.05, 0.1) is 23.8 Å². The Morgan fingerprint density at radius 2 is 2.08 bits per heavy atom. The Hall–Kier alpha value is -2.44. The van der Waals surface area contributed by atoms with Crippen LogP contribution in [0.25, 0.3) is 11.3 Å². The molecule has 0 aliphatic carbocycles. The molecule has 0 aromatic carbocycles. The molecule has 3 rings (SSSR count). The number of nitrogens with zero attached hydrogens (tertiary/aromatic N) is 5. The SMILES string of the molecule is Cn1cc(-c2cnc(CC3CCN(C(=O)OC(C)(C)C)C3)cn2)cn1. The molecule has 7 nitrogen and oxygen atoms in total. The lowest BCUT2D eigenvalue weighted by Gasteiger charge is -2.24. The molecule has 0 bridgehead atoms. The van der Waals surface area contributed by atoms with Gasteiger partial charge < -0.3 is 9.64 Å². The van der Waals surface area contributed by atoms with Crippen molar-refractivity contribution < 1.29 is 9.53 Å². The van der Waals surface area contributed by atoms with Gasteiger partial charge in [0.15, 0.2) is 0 Å². The number of aryl methyl sites for hydroxylation is 1. The quantitative estimate of drug-likeness (QED) is 0.857. The van der Waals surface area contributed by atoms with E-state index in [1.165, 1.54) is 0 Å². The Morgan fingerprint density at radius 1 is 1.28 bits per heavy atom. The molecule has 25 heavy (non-hydrogen) atoms. The molecule has 0 spiro atoms. The fourth-order valence-electron chi connectivity index (χ4n) is 2.95. The van der Waals surface area contributed by atoms with Gasteiger partial charge in [-0.2, -0.15) is 5.10 Å². The smallest absolute Gasteiger partial charge is 0.410 e. The highest BCUT2D eigenvalue weighted by Crippen LogP contribution is 2.23. The van der Waals surface area contributed by atoms with Crippen LogP contribution in [0.1, 0.15) is 32.9 Å². The van der Waals surface area contributed by atoms with Crippen LogP contribution in [0, 0.1) is 5.92 Å². The molecule has 2 aromatic heterocycles. The molecule has 3 heterocycles. The van der Waals surface area contributed by atoms with E-state index in [9.17, 15) is 4.79 Å². The largest absolute Gasteiger partial charge is 0.444 e. The third-order valence-electron chi connectivity index (χ3n) is 4.14. The van der Waals surface area contributed by atoms with Crippen LogP contribution in [-0.4, -0.2) is 49.4 Å². The van der Waals surface area contributed by atoms with E-state index in [0.717, 1.165) is 36.3 Å². The first-order valence-corrected chi connectivity index (χ1v) is 8.58. The molecule has 0 N–H and O–H groups in total. The van der Waals surface area contributed by atoms with Gasteiger partial charge >= 0.3 is 6.09 Å². The predicted molar refractivity (Wildman–Crippen MR) is 93.9 cm³/mol. The van der Waals surface area contributed by atoms with Gasteiger partial charge in [-0.1, -0.05) is 0 Å². The second-order valence-corrected chi connectivity index (χ2v) is 7.58. The first-order chi connectivity index (χ1) is 11.8. The molecule has 1 amide bonds. The molecule has 1 fully saturated rings. The maximum Gasteiger partial charge on any atom is 0.410 e.